The summed E-state index contributed by atoms with van der Waals surface area (Å²) < 4.78 is 1.63. The number of nitrogens with zero attached hydrogens (tertiary/aromatic N) is 2. The lowest BCUT2D eigenvalue weighted by molar-refractivity contribution is -0.344. The number of hydrogen-bond donors (Lipinski definition) is 0. The molecular formula is C71H120N2. The molecule has 2 aromatic carbocycles. The van der Waals surface area contributed by atoms with Gasteiger partial charge in [0, 0.05) is 17.2 Å². The minimum atomic E-state index is 0.962. The monoisotopic (exact) mass is 1000 g/mol. The van der Waals surface area contributed by atoms with E-state index in [1.807, 2.05) is 0 Å². The summed E-state index contributed by atoms with van der Waals surface area (Å²) in [6, 6.07) is 10.0. The van der Waals surface area contributed by atoms with Gasteiger partial charge >= 0.3 is 0 Å². The molecule has 0 bridgehead atoms. The van der Waals surface area contributed by atoms with Crippen molar-refractivity contribution in [2.75, 3.05) is 0 Å². The largest absolute Gasteiger partial charge is 0.493 e. The Morgan fingerprint density at radius 1 is 0.329 bits per heavy atom. The van der Waals surface area contributed by atoms with Crippen LogP contribution in [-0.2, 0) is 38.5 Å². The predicted octanol–water partition coefficient (Wildman–Crippen LogP) is 24.0. The van der Waals surface area contributed by atoms with E-state index < -0.39 is 0 Å². The third-order valence-corrected chi connectivity index (χ3v) is 16.5. The number of hydrogen-bond acceptors (Lipinski definition) is 0. The Morgan fingerprint density at radius 2 is 0.603 bits per heavy atom. The maximum Gasteiger partial charge on any atom is 0.214 e. The first-order valence-electron chi connectivity index (χ1n) is 32.9. The summed E-state index contributed by atoms with van der Waals surface area (Å²) in [5.41, 5.74) is 27.7. The van der Waals surface area contributed by atoms with Crippen molar-refractivity contribution in [2.24, 2.45) is 0 Å². The fraction of sp³-hybridized carbons (Fsp3) is 0.746. The fourth-order valence-corrected chi connectivity index (χ4v) is 11.8. The van der Waals surface area contributed by atoms with Crippen LogP contribution in [0, 0.1) is 0 Å². The SMILES string of the molecule is CCCCCCCCCCCCCCCCCCCCCCCC=CC1=C(c2cc(CCCCC)c(CCCCC)c(CCCCC)c2)[N+](=[N-])C(c2cc(CCCCC)c(CCCCC)c(CCCCC)c2)=C1. The third kappa shape index (κ3) is 26.7. The van der Waals surface area contributed by atoms with Gasteiger partial charge in [0.15, 0.2) is 0 Å². The molecule has 1 aliphatic rings. The van der Waals surface area contributed by atoms with Gasteiger partial charge in [0.25, 0.3) is 0 Å². The molecule has 0 aliphatic carbocycles. The van der Waals surface area contributed by atoms with Gasteiger partial charge in [-0.15, -0.1) is 0 Å². The zero-order valence-corrected chi connectivity index (χ0v) is 50.0. The Labute approximate surface area is 455 Å². The highest BCUT2D eigenvalue weighted by molar-refractivity contribution is 5.81. The van der Waals surface area contributed by atoms with Crippen molar-refractivity contribution in [3.63, 3.8) is 0 Å². The number of rotatable bonds is 49. The van der Waals surface area contributed by atoms with E-state index in [1.165, 1.54) is 291 Å². The molecule has 414 valence electrons. The molecule has 0 saturated heterocycles. The Hall–Kier alpha value is -2.74. The van der Waals surface area contributed by atoms with E-state index in [-0.39, 0.29) is 0 Å². The van der Waals surface area contributed by atoms with E-state index >= 15 is 0 Å². The summed E-state index contributed by atoms with van der Waals surface area (Å²) in [7, 11) is 0. The van der Waals surface area contributed by atoms with Gasteiger partial charge in [-0.1, -0.05) is 266 Å². The van der Waals surface area contributed by atoms with Crippen LogP contribution in [0.5, 0.6) is 0 Å². The second kappa shape index (κ2) is 43.4. The van der Waals surface area contributed by atoms with Gasteiger partial charge < -0.3 is 5.53 Å². The summed E-state index contributed by atoms with van der Waals surface area (Å²) in [6.45, 7) is 16.3. The number of allylic oxidation sites excluding steroid dienone is 4. The van der Waals surface area contributed by atoms with Crippen LogP contribution < -0.4 is 0 Å². The fourth-order valence-electron chi connectivity index (χ4n) is 11.8. The van der Waals surface area contributed by atoms with Crippen LogP contribution >= 0.6 is 0 Å². The second-order valence-electron chi connectivity index (χ2n) is 23.2. The Balaban J connectivity index is 1.80. The van der Waals surface area contributed by atoms with E-state index in [4.69, 9.17) is 0 Å². The van der Waals surface area contributed by atoms with Crippen molar-refractivity contribution in [2.45, 2.75) is 344 Å². The standard InChI is InChI=1S/C71H120N2/c1-8-15-22-23-24-25-26-27-28-29-30-31-32-33-34-35-36-37-38-39-40-41-48-53-65-60-70(66-56-61(49-42-16-9-2)68(54-46-20-13-6)62(57-66)50-43-17-10-3)73(72)71(65)67-58-63(51-44-18-11-4)69(55-47-21-14-7)64(59-67)52-45-19-12-5/h48,53,56-60H,8-47,49-52,54-55H2,1-7H3. The van der Waals surface area contributed by atoms with Gasteiger partial charge in [-0.2, -0.15) is 0 Å². The molecule has 0 unspecified atom stereocenters. The van der Waals surface area contributed by atoms with Crippen molar-refractivity contribution in [1.29, 1.82) is 0 Å². The molecule has 1 heterocycles. The number of benzene rings is 2. The van der Waals surface area contributed by atoms with Crippen LogP contribution in [0.1, 0.15) is 350 Å². The molecule has 0 fully saturated rings. The quantitative estimate of drug-likeness (QED) is 0.0466. The van der Waals surface area contributed by atoms with E-state index in [9.17, 15) is 5.53 Å². The Bertz CT molecular complexity index is 1740. The molecule has 2 heteroatoms. The summed E-state index contributed by atoms with van der Waals surface area (Å²) in [4.78, 5) is 0. The van der Waals surface area contributed by atoms with Crippen LogP contribution in [0.2, 0.25) is 0 Å². The minimum Gasteiger partial charge on any atom is -0.493 e. The molecule has 0 atom stereocenters. The Kier molecular flexibility index (Phi) is 38.3. The lowest BCUT2D eigenvalue weighted by Crippen LogP contribution is -2.09. The number of unbranched alkanes of at least 4 members (excludes halogenated alkanes) is 33. The van der Waals surface area contributed by atoms with E-state index in [1.54, 1.807) is 27.0 Å². The molecule has 0 spiro atoms. The average Bonchev–Trinajstić information content (AvgIpc) is 3.72. The smallest absolute Gasteiger partial charge is 0.214 e. The Morgan fingerprint density at radius 3 is 0.932 bits per heavy atom. The van der Waals surface area contributed by atoms with Crippen molar-refractivity contribution >= 4 is 11.4 Å². The summed E-state index contributed by atoms with van der Waals surface area (Å²) in [5, 5.41) is 0. The molecule has 0 N–H and O–H groups in total. The van der Waals surface area contributed by atoms with Crippen molar-refractivity contribution in [1.82, 2.24) is 0 Å². The molecule has 0 amide bonds. The molecule has 3 rings (SSSR count). The highest BCUT2D eigenvalue weighted by Crippen LogP contribution is 2.40. The summed E-state index contributed by atoms with van der Waals surface area (Å²) in [6.07, 6.45) is 67.6. The van der Waals surface area contributed by atoms with Gasteiger partial charge in [-0.25, -0.2) is 4.70 Å². The summed E-state index contributed by atoms with van der Waals surface area (Å²) >= 11 is 0. The second-order valence-corrected chi connectivity index (χ2v) is 23.2. The zero-order valence-electron chi connectivity index (χ0n) is 50.0. The first kappa shape index (κ1) is 64.5. The average molecular weight is 1000 g/mol. The van der Waals surface area contributed by atoms with Gasteiger partial charge in [0.05, 0.1) is 5.57 Å². The molecule has 73 heavy (non-hydrogen) atoms. The van der Waals surface area contributed by atoms with Crippen LogP contribution in [0.25, 0.3) is 16.9 Å². The third-order valence-electron chi connectivity index (χ3n) is 16.5. The highest BCUT2D eigenvalue weighted by atomic mass is 15.2. The van der Waals surface area contributed by atoms with Gasteiger partial charge in [-0.05, 0) is 148 Å². The predicted molar refractivity (Wildman–Crippen MR) is 327 cm³/mol. The maximum absolute atomic E-state index is 12.8. The molecule has 0 radical (unpaired) electrons. The highest BCUT2D eigenvalue weighted by Gasteiger charge is 2.30. The normalized spacial score (nSPS) is 12.9. The molecular weight excluding hydrogens is 881 g/mol. The van der Waals surface area contributed by atoms with Crippen molar-refractivity contribution < 1.29 is 4.70 Å². The van der Waals surface area contributed by atoms with E-state index in [0.29, 0.717) is 0 Å². The molecule has 2 nitrogen and oxygen atoms in total. The lowest BCUT2D eigenvalue weighted by atomic mass is 9.87. The van der Waals surface area contributed by atoms with Crippen LogP contribution in [-0.4, -0.2) is 4.70 Å². The van der Waals surface area contributed by atoms with Gasteiger partial charge in [-0.3, -0.25) is 0 Å². The molecule has 2 aromatic rings. The number of aryl methyl sites for hydroxylation is 4. The maximum atomic E-state index is 12.8. The van der Waals surface area contributed by atoms with Crippen molar-refractivity contribution in [3.8, 4) is 0 Å². The van der Waals surface area contributed by atoms with Crippen LogP contribution in [0.15, 0.2) is 48.1 Å². The van der Waals surface area contributed by atoms with Crippen LogP contribution in [0.3, 0.4) is 0 Å². The van der Waals surface area contributed by atoms with E-state index in [0.717, 1.165) is 43.5 Å². The van der Waals surface area contributed by atoms with Crippen LogP contribution in [0.4, 0.5) is 0 Å². The zero-order chi connectivity index (χ0) is 52.4. The van der Waals surface area contributed by atoms with Gasteiger partial charge in [0.1, 0.15) is 0 Å². The molecule has 1 aliphatic heterocycles. The first-order valence-corrected chi connectivity index (χ1v) is 32.9. The summed E-state index contributed by atoms with van der Waals surface area (Å²) in [5.74, 6) is 0. The lowest BCUT2D eigenvalue weighted by Gasteiger charge is -2.20. The van der Waals surface area contributed by atoms with Gasteiger partial charge in [0.2, 0.25) is 11.4 Å². The van der Waals surface area contributed by atoms with E-state index in [2.05, 4.69) is 91.0 Å². The first-order chi connectivity index (χ1) is 36.0. The topological polar surface area (TPSA) is 25.3 Å². The molecule has 0 aromatic heterocycles. The van der Waals surface area contributed by atoms with Crippen molar-refractivity contribution in [3.05, 3.63) is 98.1 Å². The molecule has 0 saturated carbocycles. The minimum absolute atomic E-state index is 0.962.